The molecular formula is C20H27F2N3O2S. The molecule has 1 aromatic carbocycles. The standard InChI is InChI=1S/C17H19F2N3O2S.C3H8/c1-20-14(17(23)21-8-9-24-2)6-7-15-12(10-22-25-15)11-4-3-5-13(18)16(11)19;1-3-2/h3-6,10,20H,7-9H2,1-2H3,(H,21,23);3H2,1-2H3/b14-6-;. The first-order valence-electron chi connectivity index (χ1n) is 9.02. The van der Waals surface area contributed by atoms with Crippen molar-refractivity contribution >= 4 is 17.4 Å². The van der Waals surface area contributed by atoms with Gasteiger partial charge in [0.15, 0.2) is 11.6 Å². The van der Waals surface area contributed by atoms with E-state index in [1.807, 2.05) is 0 Å². The molecule has 5 nitrogen and oxygen atoms in total. The van der Waals surface area contributed by atoms with Gasteiger partial charge >= 0.3 is 0 Å². The lowest BCUT2D eigenvalue weighted by Crippen LogP contribution is -2.32. The molecule has 2 aromatic rings. The zero-order valence-corrected chi connectivity index (χ0v) is 17.5. The highest BCUT2D eigenvalue weighted by Gasteiger charge is 2.15. The van der Waals surface area contributed by atoms with Gasteiger partial charge in [0.25, 0.3) is 5.91 Å². The van der Waals surface area contributed by atoms with Crippen molar-refractivity contribution in [2.24, 2.45) is 0 Å². The van der Waals surface area contributed by atoms with Crippen LogP contribution in [0.3, 0.4) is 0 Å². The molecule has 0 aliphatic carbocycles. The van der Waals surface area contributed by atoms with Crippen molar-refractivity contribution in [3.05, 3.63) is 52.7 Å². The van der Waals surface area contributed by atoms with Crippen molar-refractivity contribution in [2.75, 3.05) is 27.3 Å². The molecule has 0 saturated heterocycles. The van der Waals surface area contributed by atoms with E-state index in [2.05, 4.69) is 28.9 Å². The number of ether oxygens (including phenoxy) is 1. The maximum atomic E-state index is 14.0. The fourth-order valence-corrected chi connectivity index (χ4v) is 2.91. The largest absolute Gasteiger partial charge is 0.384 e. The minimum atomic E-state index is -0.904. The minimum Gasteiger partial charge on any atom is -0.384 e. The molecule has 154 valence electrons. The molecule has 0 aliphatic heterocycles. The number of benzene rings is 1. The second kappa shape index (κ2) is 13.0. The van der Waals surface area contributed by atoms with Crippen LogP contribution in [0.15, 0.2) is 36.2 Å². The zero-order chi connectivity index (χ0) is 20.9. The summed E-state index contributed by atoms with van der Waals surface area (Å²) in [7, 11) is 3.19. The summed E-state index contributed by atoms with van der Waals surface area (Å²) in [6.45, 7) is 5.06. The number of carbonyl (C=O) groups excluding carboxylic acids is 1. The Morgan fingerprint density at radius 1 is 1.29 bits per heavy atom. The Hall–Kier alpha value is -2.32. The Morgan fingerprint density at radius 2 is 2.00 bits per heavy atom. The van der Waals surface area contributed by atoms with Gasteiger partial charge in [-0.1, -0.05) is 38.5 Å². The van der Waals surface area contributed by atoms with Crippen molar-refractivity contribution < 1.29 is 18.3 Å². The van der Waals surface area contributed by atoms with E-state index in [-0.39, 0.29) is 11.5 Å². The van der Waals surface area contributed by atoms with Crippen LogP contribution in [0.5, 0.6) is 0 Å². The first-order chi connectivity index (χ1) is 13.5. The van der Waals surface area contributed by atoms with Crippen LogP contribution < -0.4 is 10.6 Å². The number of likely N-dealkylation sites (N-methyl/N-ethyl adjacent to an activating group) is 1. The smallest absolute Gasteiger partial charge is 0.267 e. The number of allylic oxidation sites excluding steroid dienone is 1. The van der Waals surface area contributed by atoms with Gasteiger partial charge in [0.2, 0.25) is 0 Å². The number of nitrogens with zero attached hydrogens (tertiary/aromatic N) is 1. The summed E-state index contributed by atoms with van der Waals surface area (Å²) >= 11 is 1.18. The van der Waals surface area contributed by atoms with E-state index < -0.39 is 11.6 Å². The Morgan fingerprint density at radius 3 is 2.64 bits per heavy atom. The third-order valence-electron chi connectivity index (χ3n) is 3.48. The number of hydrogen-bond acceptors (Lipinski definition) is 5. The van der Waals surface area contributed by atoms with Crippen molar-refractivity contribution in [1.29, 1.82) is 0 Å². The maximum absolute atomic E-state index is 14.0. The van der Waals surface area contributed by atoms with Crippen LogP contribution in [-0.2, 0) is 16.0 Å². The molecule has 1 amide bonds. The highest BCUT2D eigenvalue weighted by Crippen LogP contribution is 2.30. The molecule has 0 fully saturated rings. The summed E-state index contributed by atoms with van der Waals surface area (Å²) in [4.78, 5) is 12.8. The fourth-order valence-electron chi connectivity index (χ4n) is 2.21. The van der Waals surface area contributed by atoms with Gasteiger partial charge in [-0.3, -0.25) is 4.79 Å². The topological polar surface area (TPSA) is 63.2 Å². The number of methoxy groups -OCH3 is 1. The van der Waals surface area contributed by atoms with Gasteiger partial charge in [-0.25, -0.2) is 13.2 Å². The van der Waals surface area contributed by atoms with Crippen LogP contribution in [0.1, 0.15) is 25.1 Å². The van der Waals surface area contributed by atoms with Crippen LogP contribution in [0.2, 0.25) is 0 Å². The van der Waals surface area contributed by atoms with Crippen molar-refractivity contribution in [3.63, 3.8) is 0 Å². The fraction of sp³-hybridized carbons (Fsp3) is 0.400. The highest BCUT2D eigenvalue weighted by atomic mass is 32.1. The van der Waals surface area contributed by atoms with Gasteiger partial charge in [0, 0.05) is 49.3 Å². The lowest BCUT2D eigenvalue weighted by atomic mass is 10.0. The summed E-state index contributed by atoms with van der Waals surface area (Å²) in [6, 6.07) is 4.03. The predicted molar refractivity (Wildman–Crippen MR) is 109 cm³/mol. The van der Waals surface area contributed by atoms with Gasteiger partial charge in [0.1, 0.15) is 0 Å². The molecule has 0 bridgehead atoms. The summed E-state index contributed by atoms with van der Waals surface area (Å²) in [5.74, 6) is -2.07. The molecule has 1 heterocycles. The molecule has 28 heavy (non-hydrogen) atoms. The van der Waals surface area contributed by atoms with E-state index in [0.717, 1.165) is 10.9 Å². The first-order valence-corrected chi connectivity index (χ1v) is 9.80. The number of halogens is 2. The van der Waals surface area contributed by atoms with Gasteiger partial charge in [-0.15, -0.1) is 0 Å². The monoisotopic (exact) mass is 411 g/mol. The van der Waals surface area contributed by atoms with Crippen LogP contribution in [0, 0.1) is 11.6 Å². The van der Waals surface area contributed by atoms with Crippen LogP contribution in [0.25, 0.3) is 11.1 Å². The van der Waals surface area contributed by atoms with Gasteiger partial charge in [-0.05, 0) is 17.6 Å². The van der Waals surface area contributed by atoms with Crippen LogP contribution in [-0.4, -0.2) is 37.6 Å². The number of aromatic nitrogens is 1. The van der Waals surface area contributed by atoms with E-state index in [1.165, 1.54) is 36.3 Å². The SMILES string of the molecule is CCC.CN/C(=C\Cc1sncc1-c1cccc(F)c1F)C(=O)NCCOC. The molecule has 0 spiro atoms. The molecule has 0 aliphatic rings. The van der Waals surface area contributed by atoms with E-state index in [1.54, 1.807) is 20.2 Å². The Bertz CT molecular complexity index is 779. The van der Waals surface area contributed by atoms with Crippen molar-refractivity contribution in [1.82, 2.24) is 15.0 Å². The van der Waals surface area contributed by atoms with Crippen LogP contribution >= 0.6 is 11.5 Å². The van der Waals surface area contributed by atoms with Gasteiger partial charge in [-0.2, -0.15) is 0 Å². The molecule has 8 heteroatoms. The quantitative estimate of drug-likeness (QED) is 0.511. The number of hydrogen-bond donors (Lipinski definition) is 2. The lowest BCUT2D eigenvalue weighted by molar-refractivity contribution is -0.118. The van der Waals surface area contributed by atoms with E-state index >= 15 is 0 Å². The van der Waals surface area contributed by atoms with Crippen LogP contribution in [0.4, 0.5) is 8.78 Å². The summed E-state index contributed by atoms with van der Waals surface area (Å²) in [5, 5.41) is 5.54. The Kier molecular flexibility index (Phi) is 11.0. The number of rotatable bonds is 8. The number of amides is 1. The Labute approximate surface area is 169 Å². The highest BCUT2D eigenvalue weighted by molar-refractivity contribution is 7.06. The number of carbonyl (C=O) groups is 1. The van der Waals surface area contributed by atoms with Gasteiger partial charge in [0.05, 0.1) is 12.3 Å². The summed E-state index contributed by atoms with van der Waals surface area (Å²) < 4.78 is 36.4. The normalized spacial score (nSPS) is 10.9. The summed E-state index contributed by atoms with van der Waals surface area (Å²) in [5.41, 5.74) is 1.07. The molecule has 0 saturated carbocycles. The summed E-state index contributed by atoms with van der Waals surface area (Å²) in [6.07, 6.45) is 4.81. The molecule has 0 atom stereocenters. The minimum absolute atomic E-state index is 0.160. The maximum Gasteiger partial charge on any atom is 0.267 e. The molecule has 0 radical (unpaired) electrons. The van der Waals surface area contributed by atoms with Crippen molar-refractivity contribution in [2.45, 2.75) is 26.7 Å². The van der Waals surface area contributed by atoms with E-state index in [0.29, 0.717) is 30.8 Å². The average Bonchev–Trinajstić information content (AvgIpc) is 3.13. The lowest BCUT2D eigenvalue weighted by Gasteiger charge is -2.08. The molecule has 2 N–H and O–H groups in total. The molecule has 2 rings (SSSR count). The molecule has 0 unspecified atom stereocenters. The van der Waals surface area contributed by atoms with E-state index in [9.17, 15) is 13.6 Å². The van der Waals surface area contributed by atoms with Gasteiger partial charge < -0.3 is 15.4 Å². The second-order valence-electron chi connectivity index (χ2n) is 5.79. The van der Waals surface area contributed by atoms with Crippen molar-refractivity contribution in [3.8, 4) is 11.1 Å². The first kappa shape index (κ1) is 23.7. The second-order valence-corrected chi connectivity index (χ2v) is 6.68. The number of nitrogens with one attached hydrogen (secondary N) is 2. The Balaban J connectivity index is 0.00000122. The predicted octanol–water partition coefficient (Wildman–Crippen LogP) is 3.91. The average molecular weight is 412 g/mol. The third-order valence-corrected chi connectivity index (χ3v) is 4.30. The molecule has 1 aromatic heterocycles. The van der Waals surface area contributed by atoms with E-state index in [4.69, 9.17) is 4.74 Å². The molecular weight excluding hydrogens is 384 g/mol. The third kappa shape index (κ3) is 7.01. The zero-order valence-electron chi connectivity index (χ0n) is 16.6.